The highest BCUT2D eigenvalue weighted by Gasteiger charge is 2.16. The number of nitrogens with zero attached hydrogens (tertiary/aromatic N) is 5. The van der Waals surface area contributed by atoms with Gasteiger partial charge >= 0.3 is 5.69 Å². The number of benzene rings is 1. The maximum absolute atomic E-state index is 12.3. The Bertz CT molecular complexity index is 1170. The summed E-state index contributed by atoms with van der Waals surface area (Å²) in [5.41, 5.74) is 3.37. The second-order valence-corrected chi connectivity index (χ2v) is 5.86. The van der Waals surface area contributed by atoms with Crippen LogP contribution < -0.4 is 26.1 Å². The fourth-order valence-electron chi connectivity index (χ4n) is 2.78. The number of rotatable bonds is 3. The molecule has 0 atom stereocenters. The second kappa shape index (κ2) is 5.76. The molecule has 1 N–H and O–H groups in total. The number of nitrogens with one attached hydrogen (secondary N) is 1. The smallest absolute Gasteiger partial charge is 0.332 e. The van der Waals surface area contributed by atoms with Crippen LogP contribution in [0.3, 0.4) is 0 Å². The van der Waals surface area contributed by atoms with Gasteiger partial charge in [0.2, 0.25) is 12.7 Å². The zero-order valence-electron chi connectivity index (χ0n) is 14.4. The normalized spacial score (nSPS) is 13.0. The lowest BCUT2D eigenvalue weighted by molar-refractivity contribution is 0.174. The minimum atomic E-state index is -0.434. The van der Waals surface area contributed by atoms with E-state index in [1.807, 2.05) is 12.1 Å². The number of fused-ring (bicyclic) bond motifs is 2. The molecule has 134 valence electrons. The van der Waals surface area contributed by atoms with Crippen LogP contribution in [0.1, 0.15) is 5.56 Å². The number of hydrogen-bond acceptors (Lipinski definition) is 7. The van der Waals surface area contributed by atoms with Crippen molar-refractivity contribution in [1.82, 2.24) is 18.7 Å². The van der Waals surface area contributed by atoms with E-state index in [1.54, 1.807) is 30.9 Å². The number of hydrazone groups is 1. The van der Waals surface area contributed by atoms with Gasteiger partial charge in [-0.3, -0.25) is 13.9 Å². The van der Waals surface area contributed by atoms with Gasteiger partial charge in [-0.2, -0.15) is 10.1 Å². The van der Waals surface area contributed by atoms with Gasteiger partial charge in [-0.1, -0.05) is 0 Å². The van der Waals surface area contributed by atoms with Gasteiger partial charge in [-0.05, 0) is 23.8 Å². The number of anilines is 1. The summed E-state index contributed by atoms with van der Waals surface area (Å²) in [4.78, 5) is 28.7. The van der Waals surface area contributed by atoms with E-state index in [0.717, 1.165) is 10.1 Å². The Labute approximate surface area is 146 Å². The molecule has 0 saturated heterocycles. The molecule has 0 unspecified atom stereocenters. The molecule has 0 aliphatic carbocycles. The molecule has 4 rings (SSSR count). The summed E-state index contributed by atoms with van der Waals surface area (Å²) in [6.45, 7) is 0.210. The predicted octanol–water partition coefficient (Wildman–Crippen LogP) is 0.145. The van der Waals surface area contributed by atoms with Crippen molar-refractivity contribution in [2.75, 3.05) is 12.2 Å². The van der Waals surface area contributed by atoms with E-state index in [9.17, 15) is 9.59 Å². The fraction of sp³-hybridized carbons (Fsp3) is 0.250. The molecule has 1 aliphatic rings. The van der Waals surface area contributed by atoms with Crippen molar-refractivity contribution in [3.05, 3.63) is 44.6 Å². The molecule has 0 fully saturated rings. The quantitative estimate of drug-likeness (QED) is 0.529. The Kier molecular flexibility index (Phi) is 3.53. The van der Waals surface area contributed by atoms with Crippen molar-refractivity contribution in [3.63, 3.8) is 0 Å². The molecule has 0 radical (unpaired) electrons. The number of aromatic nitrogens is 4. The van der Waals surface area contributed by atoms with Crippen LogP contribution >= 0.6 is 0 Å². The third-order valence-electron chi connectivity index (χ3n) is 4.25. The van der Waals surface area contributed by atoms with Gasteiger partial charge in [0, 0.05) is 21.1 Å². The van der Waals surface area contributed by atoms with Crippen molar-refractivity contribution in [2.45, 2.75) is 0 Å². The van der Waals surface area contributed by atoms with Gasteiger partial charge in [-0.25, -0.2) is 10.2 Å². The van der Waals surface area contributed by atoms with Crippen molar-refractivity contribution >= 4 is 23.3 Å². The third kappa shape index (κ3) is 2.34. The van der Waals surface area contributed by atoms with Gasteiger partial charge in [0.05, 0.1) is 6.21 Å². The monoisotopic (exact) mass is 356 g/mol. The maximum Gasteiger partial charge on any atom is 0.332 e. The lowest BCUT2D eigenvalue weighted by Crippen LogP contribution is -2.37. The summed E-state index contributed by atoms with van der Waals surface area (Å²) in [6.07, 6.45) is 1.60. The number of ether oxygens (including phenoxy) is 2. The van der Waals surface area contributed by atoms with E-state index < -0.39 is 11.2 Å². The van der Waals surface area contributed by atoms with Crippen molar-refractivity contribution < 1.29 is 9.47 Å². The molecular weight excluding hydrogens is 340 g/mol. The average molecular weight is 356 g/mol. The summed E-state index contributed by atoms with van der Waals surface area (Å²) < 4.78 is 14.5. The largest absolute Gasteiger partial charge is 0.454 e. The molecule has 0 spiro atoms. The number of aryl methyl sites for hydroxylation is 2. The van der Waals surface area contributed by atoms with E-state index in [4.69, 9.17) is 9.47 Å². The lowest BCUT2D eigenvalue weighted by atomic mass is 10.2. The molecule has 1 aliphatic heterocycles. The van der Waals surface area contributed by atoms with E-state index in [1.165, 1.54) is 11.6 Å². The molecule has 2 aromatic heterocycles. The fourth-order valence-corrected chi connectivity index (χ4v) is 2.78. The zero-order valence-corrected chi connectivity index (χ0v) is 14.4. The molecule has 0 saturated carbocycles. The number of hydrogen-bond donors (Lipinski definition) is 1. The van der Waals surface area contributed by atoms with Crippen molar-refractivity contribution in [2.24, 2.45) is 26.2 Å². The Morgan fingerprint density at radius 1 is 1.12 bits per heavy atom. The second-order valence-electron chi connectivity index (χ2n) is 5.86. The summed E-state index contributed by atoms with van der Waals surface area (Å²) in [5, 5.41) is 4.15. The highest BCUT2D eigenvalue weighted by molar-refractivity contribution is 5.82. The molecule has 10 heteroatoms. The third-order valence-corrected chi connectivity index (χ3v) is 4.25. The maximum atomic E-state index is 12.3. The molecule has 10 nitrogen and oxygen atoms in total. The Hall–Kier alpha value is -3.56. The van der Waals surface area contributed by atoms with Crippen LogP contribution in [0.5, 0.6) is 11.5 Å². The van der Waals surface area contributed by atoms with Crippen molar-refractivity contribution in [1.29, 1.82) is 0 Å². The first-order chi connectivity index (χ1) is 12.5. The standard InChI is InChI=1S/C16H16N6O4/c1-20-12-13(21(2)16(24)22(3)14(12)23)18-15(20)19-17-7-9-4-5-10-11(6-9)26-8-25-10/h4-7H,8H2,1-3H3,(H,18,19)/b17-7+. The first-order valence-electron chi connectivity index (χ1n) is 7.78. The Morgan fingerprint density at radius 3 is 2.69 bits per heavy atom. The summed E-state index contributed by atoms with van der Waals surface area (Å²) in [7, 11) is 4.68. The Morgan fingerprint density at radius 2 is 1.88 bits per heavy atom. The minimum Gasteiger partial charge on any atom is -0.454 e. The van der Waals surface area contributed by atoms with Crippen LogP contribution in [0.2, 0.25) is 0 Å². The first kappa shape index (κ1) is 15.9. The van der Waals surface area contributed by atoms with Crippen LogP contribution in [0.4, 0.5) is 5.95 Å². The van der Waals surface area contributed by atoms with Crippen LogP contribution in [0.25, 0.3) is 11.2 Å². The Balaban J connectivity index is 1.67. The summed E-state index contributed by atoms with van der Waals surface area (Å²) >= 11 is 0. The topological polar surface area (TPSA) is 105 Å². The molecule has 26 heavy (non-hydrogen) atoms. The van der Waals surface area contributed by atoms with Crippen LogP contribution in [0, 0.1) is 0 Å². The predicted molar refractivity (Wildman–Crippen MR) is 95.0 cm³/mol. The van der Waals surface area contributed by atoms with E-state index in [0.29, 0.717) is 28.6 Å². The molecule has 0 amide bonds. The van der Waals surface area contributed by atoms with E-state index >= 15 is 0 Å². The van der Waals surface area contributed by atoms with Crippen LogP contribution in [0.15, 0.2) is 32.9 Å². The van der Waals surface area contributed by atoms with Gasteiger partial charge < -0.3 is 14.0 Å². The zero-order chi connectivity index (χ0) is 18.4. The summed E-state index contributed by atoms with van der Waals surface area (Å²) in [5.74, 6) is 1.70. The number of imidazole rings is 1. The van der Waals surface area contributed by atoms with Crippen molar-refractivity contribution in [3.8, 4) is 11.5 Å². The first-order valence-corrected chi connectivity index (χ1v) is 7.78. The summed E-state index contributed by atoms with van der Waals surface area (Å²) in [6, 6.07) is 5.45. The lowest BCUT2D eigenvalue weighted by Gasteiger charge is -2.03. The van der Waals surface area contributed by atoms with Crippen LogP contribution in [-0.2, 0) is 21.1 Å². The van der Waals surface area contributed by atoms with E-state index in [2.05, 4.69) is 15.5 Å². The van der Waals surface area contributed by atoms with E-state index in [-0.39, 0.29) is 6.79 Å². The van der Waals surface area contributed by atoms with Gasteiger partial charge in [0.15, 0.2) is 22.7 Å². The highest BCUT2D eigenvalue weighted by atomic mass is 16.7. The minimum absolute atomic E-state index is 0.210. The molecular formula is C16H16N6O4. The van der Waals surface area contributed by atoms with Gasteiger partial charge in [-0.15, -0.1) is 0 Å². The SMILES string of the molecule is Cn1c(=O)c2c(nc(N/N=C/c3ccc4c(c3)OCO4)n2C)n(C)c1=O. The average Bonchev–Trinajstić information content (AvgIpc) is 3.23. The molecule has 3 heterocycles. The van der Waals surface area contributed by atoms with Gasteiger partial charge in [0.1, 0.15) is 0 Å². The molecule has 3 aromatic rings. The van der Waals surface area contributed by atoms with Crippen LogP contribution in [-0.4, -0.2) is 31.7 Å². The van der Waals surface area contributed by atoms with Gasteiger partial charge in [0.25, 0.3) is 5.56 Å². The molecule has 1 aromatic carbocycles. The highest BCUT2D eigenvalue weighted by Crippen LogP contribution is 2.31. The molecule has 0 bridgehead atoms.